The summed E-state index contributed by atoms with van der Waals surface area (Å²) in [4.78, 5) is 22.3. The van der Waals surface area contributed by atoms with Crippen molar-refractivity contribution in [3.8, 4) is 0 Å². The van der Waals surface area contributed by atoms with E-state index in [2.05, 4.69) is 5.32 Å². The van der Waals surface area contributed by atoms with E-state index in [1.165, 1.54) is 12.1 Å². The fourth-order valence-electron chi connectivity index (χ4n) is 1.86. The molecule has 0 fully saturated rings. The maximum Gasteiger partial charge on any atom is 0.346 e. The zero-order valence-corrected chi connectivity index (χ0v) is 11.5. The molecule has 0 aliphatic rings. The van der Waals surface area contributed by atoms with Crippen LogP contribution in [0.1, 0.15) is 22.2 Å². The number of rotatable bonds is 5. The average Bonchev–Trinajstić information content (AvgIpc) is 2.76. The van der Waals surface area contributed by atoms with Gasteiger partial charge in [-0.05, 0) is 19.1 Å². The second kappa shape index (κ2) is 5.56. The van der Waals surface area contributed by atoms with Crippen molar-refractivity contribution in [2.75, 3.05) is 0 Å². The summed E-state index contributed by atoms with van der Waals surface area (Å²) in [7, 11) is 0. The van der Waals surface area contributed by atoms with Crippen LogP contribution in [-0.4, -0.2) is 23.0 Å². The lowest BCUT2D eigenvalue weighted by Gasteiger charge is -2.10. The summed E-state index contributed by atoms with van der Waals surface area (Å²) in [5.41, 5.74) is 5.46. The maximum absolute atomic E-state index is 13.9. The summed E-state index contributed by atoms with van der Waals surface area (Å²) in [5, 5.41) is 12.3. The van der Waals surface area contributed by atoms with Crippen LogP contribution in [0.4, 0.5) is 4.39 Å². The van der Waals surface area contributed by atoms with Crippen molar-refractivity contribution >= 4 is 33.3 Å². The molecule has 5 nitrogen and oxygen atoms in total. The van der Waals surface area contributed by atoms with Crippen LogP contribution in [0.25, 0.3) is 10.1 Å². The van der Waals surface area contributed by atoms with Crippen LogP contribution >= 0.6 is 11.3 Å². The molecule has 1 amide bonds. The van der Waals surface area contributed by atoms with Crippen molar-refractivity contribution in [3.63, 3.8) is 0 Å². The van der Waals surface area contributed by atoms with Crippen LogP contribution in [0.3, 0.4) is 0 Å². The number of carbonyl (C=O) groups is 2. The fraction of sp³-hybridized carbons (Fsp3) is 0.231. The summed E-state index contributed by atoms with van der Waals surface area (Å²) in [6.45, 7) is 1.63. The van der Waals surface area contributed by atoms with Gasteiger partial charge in [-0.1, -0.05) is 6.07 Å². The molecule has 1 atom stereocenters. The number of aromatic carboxylic acids is 1. The number of primary amides is 1. The molecule has 7 heteroatoms. The minimum Gasteiger partial charge on any atom is -0.477 e. The van der Waals surface area contributed by atoms with E-state index in [1.54, 1.807) is 13.0 Å². The number of carboxylic acid groups (broad SMARTS) is 1. The zero-order chi connectivity index (χ0) is 14.9. The Morgan fingerprint density at radius 2 is 2.20 bits per heavy atom. The number of carbonyl (C=O) groups excluding carboxylic acids is 1. The highest BCUT2D eigenvalue weighted by molar-refractivity contribution is 7.21. The first kappa shape index (κ1) is 14.4. The molecule has 0 radical (unpaired) electrons. The smallest absolute Gasteiger partial charge is 0.346 e. The summed E-state index contributed by atoms with van der Waals surface area (Å²) < 4.78 is 14.5. The minimum absolute atomic E-state index is 0.0622. The molecule has 1 aromatic carbocycles. The zero-order valence-electron chi connectivity index (χ0n) is 10.6. The molecule has 1 heterocycles. The van der Waals surface area contributed by atoms with Crippen LogP contribution in [0, 0.1) is 5.82 Å². The lowest BCUT2D eigenvalue weighted by atomic mass is 10.1. The Morgan fingerprint density at radius 3 is 2.80 bits per heavy atom. The number of thiophene rings is 1. The van der Waals surface area contributed by atoms with E-state index in [0.717, 1.165) is 11.3 Å². The van der Waals surface area contributed by atoms with Crippen LogP contribution in [0.5, 0.6) is 0 Å². The highest BCUT2D eigenvalue weighted by atomic mass is 32.1. The van der Waals surface area contributed by atoms with Gasteiger partial charge in [0.05, 0.1) is 6.04 Å². The highest BCUT2D eigenvalue weighted by Gasteiger charge is 2.21. The minimum atomic E-state index is -1.12. The predicted molar refractivity (Wildman–Crippen MR) is 74.2 cm³/mol. The molecule has 0 aliphatic heterocycles. The van der Waals surface area contributed by atoms with E-state index in [4.69, 9.17) is 5.73 Å². The molecule has 2 aromatic rings. The third-order valence-corrected chi connectivity index (χ3v) is 4.15. The number of hydrogen-bond donors (Lipinski definition) is 3. The van der Waals surface area contributed by atoms with Gasteiger partial charge in [0.1, 0.15) is 10.7 Å². The number of halogens is 1. The van der Waals surface area contributed by atoms with Crippen molar-refractivity contribution in [3.05, 3.63) is 34.5 Å². The highest BCUT2D eigenvalue weighted by Crippen LogP contribution is 2.33. The number of fused-ring (bicyclic) bond motifs is 1. The number of nitrogens with one attached hydrogen (secondary N) is 1. The Kier molecular flexibility index (Phi) is 4.01. The summed E-state index contributed by atoms with van der Waals surface area (Å²) in [5.74, 6) is -2.15. The van der Waals surface area contributed by atoms with Crippen molar-refractivity contribution in [1.29, 1.82) is 0 Å². The molecular formula is C13H13FN2O3S. The summed E-state index contributed by atoms with van der Waals surface area (Å²) in [6.07, 6.45) is 0. The molecular weight excluding hydrogens is 283 g/mol. The quantitative estimate of drug-likeness (QED) is 0.783. The van der Waals surface area contributed by atoms with Gasteiger partial charge in [-0.15, -0.1) is 11.3 Å². The molecule has 0 saturated heterocycles. The number of hydrogen-bond acceptors (Lipinski definition) is 4. The normalized spacial score (nSPS) is 12.5. The summed E-state index contributed by atoms with van der Waals surface area (Å²) >= 11 is 1.01. The lowest BCUT2D eigenvalue weighted by Crippen LogP contribution is -2.38. The maximum atomic E-state index is 13.9. The summed E-state index contributed by atoms with van der Waals surface area (Å²) in [6, 6.07) is 3.85. The van der Waals surface area contributed by atoms with Gasteiger partial charge in [0.15, 0.2) is 0 Å². The molecule has 0 saturated carbocycles. The molecule has 106 valence electrons. The second-order valence-corrected chi connectivity index (χ2v) is 5.39. The van der Waals surface area contributed by atoms with Crippen LogP contribution < -0.4 is 11.1 Å². The molecule has 0 spiro atoms. The van der Waals surface area contributed by atoms with Gasteiger partial charge in [-0.3, -0.25) is 4.79 Å². The topological polar surface area (TPSA) is 92.4 Å². The molecule has 4 N–H and O–H groups in total. The van der Waals surface area contributed by atoms with Crippen LogP contribution in [0.2, 0.25) is 0 Å². The van der Waals surface area contributed by atoms with Gasteiger partial charge in [0.25, 0.3) is 0 Å². The first-order valence-corrected chi connectivity index (χ1v) is 6.69. The Labute approximate surface area is 118 Å². The third kappa shape index (κ3) is 2.63. The Hall–Kier alpha value is -1.99. The Balaban J connectivity index is 2.46. The molecule has 1 unspecified atom stereocenters. The number of carboxylic acids is 1. The fourth-order valence-corrected chi connectivity index (χ4v) is 2.94. The van der Waals surface area contributed by atoms with Gasteiger partial charge in [0, 0.05) is 22.2 Å². The van der Waals surface area contributed by atoms with E-state index >= 15 is 0 Å². The van der Waals surface area contributed by atoms with Crippen LogP contribution in [0.15, 0.2) is 18.2 Å². The van der Waals surface area contributed by atoms with E-state index in [1.807, 2.05) is 0 Å². The van der Waals surface area contributed by atoms with E-state index in [-0.39, 0.29) is 16.8 Å². The number of amides is 1. The molecule has 1 aromatic heterocycles. The average molecular weight is 296 g/mol. The van der Waals surface area contributed by atoms with Gasteiger partial charge < -0.3 is 16.2 Å². The standard InChI is InChI=1S/C13H13FN2O3S/c1-6(12(15)17)16-5-7-10-8(14)3-2-4-9(10)20-11(7)13(18)19/h2-4,6,16H,5H2,1H3,(H2,15,17)(H,18,19). The van der Waals surface area contributed by atoms with Gasteiger partial charge >= 0.3 is 5.97 Å². The van der Waals surface area contributed by atoms with Crippen molar-refractivity contribution in [2.45, 2.75) is 19.5 Å². The first-order valence-electron chi connectivity index (χ1n) is 5.87. The second-order valence-electron chi connectivity index (χ2n) is 4.33. The largest absolute Gasteiger partial charge is 0.477 e. The Bertz CT molecular complexity index is 684. The molecule has 2 rings (SSSR count). The molecule has 0 aliphatic carbocycles. The third-order valence-electron chi connectivity index (χ3n) is 2.97. The van der Waals surface area contributed by atoms with E-state index in [0.29, 0.717) is 10.3 Å². The first-order chi connectivity index (χ1) is 9.41. The lowest BCUT2D eigenvalue weighted by molar-refractivity contribution is -0.119. The van der Waals surface area contributed by atoms with Crippen molar-refractivity contribution in [2.24, 2.45) is 5.73 Å². The molecule has 0 bridgehead atoms. The van der Waals surface area contributed by atoms with E-state index in [9.17, 15) is 19.1 Å². The molecule has 20 heavy (non-hydrogen) atoms. The van der Waals surface area contributed by atoms with Gasteiger partial charge in [0.2, 0.25) is 5.91 Å². The SMILES string of the molecule is CC(NCc1c(C(=O)O)sc2cccc(F)c12)C(N)=O. The van der Waals surface area contributed by atoms with Crippen molar-refractivity contribution < 1.29 is 19.1 Å². The number of benzene rings is 1. The van der Waals surface area contributed by atoms with Gasteiger partial charge in [-0.2, -0.15) is 0 Å². The monoisotopic (exact) mass is 296 g/mol. The Morgan fingerprint density at radius 1 is 1.50 bits per heavy atom. The van der Waals surface area contributed by atoms with Crippen LogP contribution in [-0.2, 0) is 11.3 Å². The van der Waals surface area contributed by atoms with E-state index < -0.39 is 23.7 Å². The predicted octanol–water partition coefficient (Wildman–Crippen LogP) is 1.70. The number of nitrogens with two attached hydrogens (primary N) is 1. The van der Waals surface area contributed by atoms with Gasteiger partial charge in [-0.25, -0.2) is 9.18 Å². The van der Waals surface area contributed by atoms with Crippen molar-refractivity contribution in [1.82, 2.24) is 5.32 Å².